The van der Waals surface area contributed by atoms with Crippen molar-refractivity contribution in [2.45, 2.75) is 55.7 Å². The van der Waals surface area contributed by atoms with Crippen molar-refractivity contribution in [3.05, 3.63) is 33.8 Å². The van der Waals surface area contributed by atoms with Crippen LogP contribution in [0.4, 0.5) is 17.6 Å². The first-order chi connectivity index (χ1) is 11.3. The minimum Gasteiger partial charge on any atom is -0.390 e. The van der Waals surface area contributed by atoms with E-state index in [1.54, 1.807) is 20.8 Å². The van der Waals surface area contributed by atoms with Crippen LogP contribution >= 0.6 is 15.9 Å². The maximum absolute atomic E-state index is 14.8. The summed E-state index contributed by atoms with van der Waals surface area (Å²) >= 11 is 3.12. The molecule has 9 heteroatoms. The van der Waals surface area contributed by atoms with E-state index in [4.69, 9.17) is 0 Å². The molecule has 2 rings (SSSR count). The Morgan fingerprint density at radius 3 is 2.36 bits per heavy atom. The fourth-order valence-corrected chi connectivity index (χ4v) is 4.15. The van der Waals surface area contributed by atoms with Crippen LogP contribution in [0.25, 0.3) is 0 Å². The number of fused-ring (bicyclic) bond motifs is 1. The van der Waals surface area contributed by atoms with Gasteiger partial charge in [-0.05, 0) is 44.9 Å². The minimum atomic E-state index is -3.79. The first-order valence-electron chi connectivity index (χ1n) is 7.63. The molecule has 0 bridgehead atoms. The summed E-state index contributed by atoms with van der Waals surface area (Å²) in [6, 6.07) is 3.61. The maximum Gasteiger partial charge on any atom is 0.293 e. The van der Waals surface area contributed by atoms with E-state index in [2.05, 4.69) is 20.7 Å². The lowest BCUT2D eigenvalue weighted by atomic mass is 9.72. The fourth-order valence-electron chi connectivity index (χ4n) is 2.81. The Hall–Kier alpha value is -0.510. The van der Waals surface area contributed by atoms with Crippen LogP contribution in [-0.2, 0) is 22.4 Å². The second-order valence-corrected chi connectivity index (χ2v) is 10.0. The molecule has 0 spiro atoms. The predicted molar refractivity (Wildman–Crippen MR) is 92.0 cm³/mol. The number of aliphatic hydroxyl groups is 1. The first-order valence-corrected chi connectivity index (χ1v) is 9.58. The molecule has 1 aromatic rings. The summed E-state index contributed by atoms with van der Waals surface area (Å²) in [4.78, 5) is 0. The van der Waals surface area contributed by atoms with Crippen LogP contribution in [0.3, 0.4) is 0 Å². The van der Waals surface area contributed by atoms with Gasteiger partial charge in [0.1, 0.15) is 12.1 Å². The highest BCUT2D eigenvalue weighted by Crippen LogP contribution is 2.53. The average Bonchev–Trinajstić information content (AvgIpc) is 2.48. The maximum atomic E-state index is 14.8. The molecular weight excluding hydrogens is 426 g/mol. The summed E-state index contributed by atoms with van der Waals surface area (Å²) in [5, 5.41) is 9.26. The van der Waals surface area contributed by atoms with E-state index >= 15 is 0 Å². The number of benzene rings is 1. The molecule has 142 valence electrons. The van der Waals surface area contributed by atoms with Crippen molar-refractivity contribution in [1.29, 1.82) is 0 Å². The molecule has 0 aromatic heterocycles. The van der Waals surface area contributed by atoms with Crippen LogP contribution in [0.15, 0.2) is 22.7 Å². The van der Waals surface area contributed by atoms with E-state index in [-0.39, 0.29) is 5.56 Å². The summed E-state index contributed by atoms with van der Waals surface area (Å²) in [6.45, 7) is 3.19. The molecule has 0 unspecified atom stereocenters. The number of hydrogen-bond acceptors (Lipinski definition) is 2. The van der Waals surface area contributed by atoms with Gasteiger partial charge in [-0.1, -0.05) is 22.0 Å². The molecule has 3 nitrogen and oxygen atoms in total. The molecule has 0 fully saturated rings. The number of nitrogens with one attached hydrogen (secondary N) is 1. The zero-order chi connectivity index (χ0) is 19.3. The average molecular weight is 446 g/mol. The molecule has 1 aliphatic carbocycles. The van der Waals surface area contributed by atoms with Gasteiger partial charge in [0.05, 0.1) is 15.7 Å². The van der Waals surface area contributed by atoms with Crippen LogP contribution < -0.4 is 4.72 Å². The Kier molecular flexibility index (Phi) is 5.47. The van der Waals surface area contributed by atoms with E-state index in [9.17, 15) is 26.9 Å². The molecule has 1 aromatic carbocycles. The number of aliphatic hydroxyl groups excluding tert-OH is 1. The van der Waals surface area contributed by atoms with E-state index in [1.807, 2.05) is 0 Å². The minimum absolute atomic E-state index is 0.338. The molecule has 0 aliphatic heterocycles. The fraction of sp³-hybridized carbons (Fsp3) is 0.625. The Balaban J connectivity index is 2.73. The van der Waals surface area contributed by atoms with Crippen LogP contribution in [0, 0.1) is 0 Å². The van der Waals surface area contributed by atoms with Gasteiger partial charge in [-0.15, -0.1) is 0 Å². The second-order valence-electron chi connectivity index (χ2n) is 7.15. The van der Waals surface area contributed by atoms with Crippen LogP contribution in [0.1, 0.15) is 44.7 Å². The molecular formula is C16H20BrF4NO2S. The van der Waals surface area contributed by atoms with Crippen molar-refractivity contribution in [2.24, 2.45) is 0 Å². The van der Waals surface area contributed by atoms with Crippen molar-refractivity contribution in [3.63, 3.8) is 0 Å². The smallest absolute Gasteiger partial charge is 0.293 e. The van der Waals surface area contributed by atoms with Gasteiger partial charge >= 0.3 is 0 Å². The molecule has 1 aliphatic rings. The second kappa shape index (κ2) is 6.58. The molecule has 0 saturated carbocycles. The van der Waals surface area contributed by atoms with Crippen molar-refractivity contribution >= 4 is 26.9 Å². The standard InChI is InChI=1S/C16H20BrF4NO2S/c1-13(2,3)25(24)22-14(16(20,21)9-23)6-7-15(18,19)11-5-4-10(17)8-12(11)14/h4-5,8,22-23H,6-7,9H2,1-3H3/t14-,25-/m1/s1. The van der Waals surface area contributed by atoms with Gasteiger partial charge < -0.3 is 5.11 Å². The molecule has 2 N–H and O–H groups in total. The van der Waals surface area contributed by atoms with Gasteiger partial charge in [-0.25, -0.2) is 26.5 Å². The van der Waals surface area contributed by atoms with Gasteiger partial charge in [0, 0.05) is 16.5 Å². The first kappa shape index (κ1) is 20.8. The summed E-state index contributed by atoms with van der Waals surface area (Å²) in [5.41, 5.74) is -3.26. The Labute approximate surface area is 154 Å². The normalized spacial score (nSPS) is 24.7. The van der Waals surface area contributed by atoms with Gasteiger partial charge in [-0.2, -0.15) is 0 Å². The summed E-state index contributed by atoms with van der Waals surface area (Å²) < 4.78 is 72.6. The lowest BCUT2D eigenvalue weighted by molar-refractivity contribution is -0.142. The Bertz CT molecular complexity index is 693. The monoisotopic (exact) mass is 445 g/mol. The lowest BCUT2D eigenvalue weighted by Gasteiger charge is -2.46. The number of hydrogen-bond donors (Lipinski definition) is 2. The molecule has 0 saturated heterocycles. The van der Waals surface area contributed by atoms with Gasteiger partial charge in [0.2, 0.25) is 0 Å². The van der Waals surface area contributed by atoms with Gasteiger partial charge in [-0.3, -0.25) is 0 Å². The van der Waals surface area contributed by atoms with Crippen molar-refractivity contribution in [2.75, 3.05) is 6.61 Å². The number of alkyl halides is 4. The zero-order valence-corrected chi connectivity index (χ0v) is 16.4. The third-order valence-corrected chi connectivity index (χ3v) is 6.44. The number of rotatable bonds is 4. The zero-order valence-electron chi connectivity index (χ0n) is 14.0. The third-order valence-electron chi connectivity index (χ3n) is 4.30. The molecule has 0 heterocycles. The van der Waals surface area contributed by atoms with Crippen molar-refractivity contribution < 1.29 is 26.9 Å². The Morgan fingerprint density at radius 2 is 1.84 bits per heavy atom. The topological polar surface area (TPSA) is 49.3 Å². The van der Waals surface area contributed by atoms with E-state index in [0.29, 0.717) is 4.47 Å². The highest BCUT2D eigenvalue weighted by molar-refractivity contribution is 9.10. The summed E-state index contributed by atoms with van der Waals surface area (Å²) in [6.07, 6.45) is -1.51. The Morgan fingerprint density at radius 1 is 1.24 bits per heavy atom. The van der Waals surface area contributed by atoms with E-state index in [0.717, 1.165) is 6.07 Å². The molecule has 25 heavy (non-hydrogen) atoms. The number of halogens is 5. The van der Waals surface area contributed by atoms with E-state index < -0.39 is 58.1 Å². The molecule has 2 atom stereocenters. The van der Waals surface area contributed by atoms with Crippen molar-refractivity contribution in [3.8, 4) is 0 Å². The van der Waals surface area contributed by atoms with E-state index in [1.165, 1.54) is 12.1 Å². The van der Waals surface area contributed by atoms with Crippen molar-refractivity contribution in [1.82, 2.24) is 4.72 Å². The third kappa shape index (κ3) is 3.65. The summed E-state index contributed by atoms with van der Waals surface area (Å²) in [5.74, 6) is -7.07. The highest BCUT2D eigenvalue weighted by Gasteiger charge is 2.61. The predicted octanol–water partition coefficient (Wildman–Crippen LogP) is 4.21. The van der Waals surface area contributed by atoms with Crippen LogP contribution in [-0.4, -0.2) is 26.6 Å². The van der Waals surface area contributed by atoms with Crippen LogP contribution in [0.5, 0.6) is 0 Å². The molecule has 0 amide bonds. The lowest BCUT2D eigenvalue weighted by Crippen LogP contribution is -2.62. The molecule has 0 radical (unpaired) electrons. The SMILES string of the molecule is CC(C)(C)[S@@](=O)N[C@]1(C(F)(F)CO)CCC(F)(F)c2ccc(Br)cc21. The van der Waals surface area contributed by atoms with Gasteiger partial charge in [0.25, 0.3) is 11.8 Å². The summed E-state index contributed by atoms with van der Waals surface area (Å²) in [7, 11) is -1.96. The quantitative estimate of drug-likeness (QED) is 0.681. The van der Waals surface area contributed by atoms with Crippen LogP contribution in [0.2, 0.25) is 0 Å². The highest BCUT2D eigenvalue weighted by atomic mass is 79.9. The van der Waals surface area contributed by atoms with Gasteiger partial charge in [0.15, 0.2) is 0 Å². The largest absolute Gasteiger partial charge is 0.390 e.